The molecule has 152 valence electrons. The lowest BCUT2D eigenvalue weighted by molar-refractivity contribution is 0.0950. The summed E-state index contributed by atoms with van der Waals surface area (Å²) in [6, 6.07) is 9.70. The summed E-state index contributed by atoms with van der Waals surface area (Å²) < 4.78 is 12.0. The first-order valence-electron chi connectivity index (χ1n) is 10.7. The van der Waals surface area contributed by atoms with Crippen molar-refractivity contribution in [2.24, 2.45) is 5.92 Å². The van der Waals surface area contributed by atoms with Crippen molar-refractivity contribution in [1.29, 1.82) is 0 Å². The molecule has 3 heterocycles. The first-order chi connectivity index (χ1) is 14.1. The number of fused-ring (bicyclic) bond motifs is 3. The third-order valence-electron chi connectivity index (χ3n) is 7.37. The number of benzene rings is 1. The summed E-state index contributed by atoms with van der Waals surface area (Å²) in [5.41, 5.74) is 3.70. The number of nitrogens with one attached hydrogen (secondary N) is 1. The molecule has 1 aromatic heterocycles. The summed E-state index contributed by atoms with van der Waals surface area (Å²) in [7, 11) is 0. The molecule has 2 aliphatic heterocycles. The molecule has 5 rings (SSSR count). The fourth-order valence-corrected chi connectivity index (χ4v) is 5.47. The lowest BCUT2D eigenvalue weighted by atomic mass is 9.58. The Morgan fingerprint density at radius 1 is 1.31 bits per heavy atom. The van der Waals surface area contributed by atoms with E-state index in [0.29, 0.717) is 18.1 Å². The van der Waals surface area contributed by atoms with Gasteiger partial charge in [0, 0.05) is 22.7 Å². The van der Waals surface area contributed by atoms with Crippen molar-refractivity contribution in [2.75, 3.05) is 18.5 Å². The van der Waals surface area contributed by atoms with Gasteiger partial charge in [0.1, 0.15) is 5.75 Å². The second kappa shape index (κ2) is 6.84. The van der Waals surface area contributed by atoms with E-state index in [0.717, 1.165) is 55.8 Å². The van der Waals surface area contributed by atoms with Gasteiger partial charge in [-0.2, -0.15) is 0 Å². The van der Waals surface area contributed by atoms with Crippen LogP contribution in [0.2, 0.25) is 0 Å². The van der Waals surface area contributed by atoms with Crippen LogP contribution in [0.3, 0.4) is 0 Å². The van der Waals surface area contributed by atoms with E-state index in [1.54, 1.807) is 6.20 Å². The molecule has 1 N–H and O–H groups in total. The van der Waals surface area contributed by atoms with Crippen molar-refractivity contribution >= 4 is 11.6 Å². The minimum atomic E-state index is -0.132. The maximum absolute atomic E-state index is 12.9. The first kappa shape index (κ1) is 18.6. The van der Waals surface area contributed by atoms with Gasteiger partial charge in [0.25, 0.3) is 5.91 Å². The molecule has 2 aromatic rings. The van der Waals surface area contributed by atoms with Gasteiger partial charge in [-0.1, -0.05) is 13.0 Å². The van der Waals surface area contributed by atoms with Crippen LogP contribution in [0, 0.1) is 12.8 Å². The number of rotatable bonds is 3. The molecule has 0 unspecified atom stereocenters. The lowest BCUT2D eigenvalue weighted by Gasteiger charge is -2.45. The molecule has 5 nitrogen and oxygen atoms in total. The van der Waals surface area contributed by atoms with E-state index >= 15 is 0 Å². The fraction of sp³-hybridized carbons (Fsp3) is 0.500. The van der Waals surface area contributed by atoms with Crippen molar-refractivity contribution < 1.29 is 14.3 Å². The standard InChI is InChI=1S/C24H28N2O3/c1-3-24-10-9-23(15-29-23)14-18(24)8-12-28-21-13-17(6-7-19(21)24)22(27)26-20-5-4-11-25-16(20)2/h4-7,11,13,18H,3,8-10,12,14-15H2,1-2H3,(H,26,27)/t18-,23+,24+/m1/s1. The van der Waals surface area contributed by atoms with E-state index in [1.807, 2.05) is 31.2 Å². The number of ether oxygens (including phenoxy) is 2. The van der Waals surface area contributed by atoms with Crippen LogP contribution in [0.15, 0.2) is 36.5 Å². The van der Waals surface area contributed by atoms with Crippen LogP contribution in [0.25, 0.3) is 0 Å². The monoisotopic (exact) mass is 392 g/mol. The van der Waals surface area contributed by atoms with Gasteiger partial charge in [0.15, 0.2) is 0 Å². The van der Waals surface area contributed by atoms with E-state index in [-0.39, 0.29) is 16.9 Å². The van der Waals surface area contributed by atoms with Crippen molar-refractivity contribution in [3.8, 4) is 5.75 Å². The number of carbonyl (C=O) groups is 1. The van der Waals surface area contributed by atoms with Crippen LogP contribution in [0.4, 0.5) is 5.69 Å². The highest BCUT2D eigenvalue weighted by Crippen LogP contribution is 2.57. The Morgan fingerprint density at radius 3 is 2.93 bits per heavy atom. The van der Waals surface area contributed by atoms with Crippen LogP contribution >= 0.6 is 0 Å². The van der Waals surface area contributed by atoms with E-state index in [2.05, 4.69) is 23.3 Å². The number of epoxide rings is 1. The highest BCUT2D eigenvalue weighted by molar-refractivity contribution is 6.04. The maximum atomic E-state index is 12.9. The number of amides is 1. The summed E-state index contributed by atoms with van der Waals surface area (Å²) in [5, 5.41) is 2.97. The molecule has 3 aliphatic rings. The molecular weight excluding hydrogens is 364 g/mol. The van der Waals surface area contributed by atoms with Crippen LogP contribution in [-0.2, 0) is 10.2 Å². The Morgan fingerprint density at radius 2 is 2.17 bits per heavy atom. The highest BCUT2D eigenvalue weighted by Gasteiger charge is 2.56. The van der Waals surface area contributed by atoms with Crippen molar-refractivity contribution in [2.45, 2.75) is 57.0 Å². The molecule has 1 amide bonds. The topological polar surface area (TPSA) is 63.8 Å². The average molecular weight is 392 g/mol. The average Bonchev–Trinajstić information content (AvgIpc) is 3.51. The minimum absolute atomic E-state index is 0.123. The minimum Gasteiger partial charge on any atom is -0.493 e. The summed E-state index contributed by atoms with van der Waals surface area (Å²) >= 11 is 0. The highest BCUT2D eigenvalue weighted by atomic mass is 16.6. The molecule has 1 aromatic carbocycles. The van der Waals surface area contributed by atoms with Crippen molar-refractivity contribution in [3.63, 3.8) is 0 Å². The Hall–Kier alpha value is -2.40. The van der Waals surface area contributed by atoms with Gasteiger partial charge >= 0.3 is 0 Å². The molecule has 3 atom stereocenters. The van der Waals surface area contributed by atoms with Crippen molar-refractivity contribution in [3.05, 3.63) is 53.3 Å². The lowest BCUT2D eigenvalue weighted by Crippen LogP contribution is -2.42. The molecule has 0 radical (unpaired) electrons. The molecule has 29 heavy (non-hydrogen) atoms. The zero-order valence-electron chi connectivity index (χ0n) is 17.2. The molecule has 0 bridgehead atoms. The quantitative estimate of drug-likeness (QED) is 0.773. The van der Waals surface area contributed by atoms with Gasteiger partial charge in [-0.25, -0.2) is 0 Å². The Bertz CT molecular complexity index is 953. The van der Waals surface area contributed by atoms with E-state index < -0.39 is 0 Å². The van der Waals surface area contributed by atoms with Gasteiger partial charge < -0.3 is 14.8 Å². The Kier molecular flexibility index (Phi) is 4.39. The number of nitrogens with zero attached hydrogens (tertiary/aromatic N) is 1. The summed E-state index contributed by atoms with van der Waals surface area (Å²) in [5.74, 6) is 1.31. The van der Waals surface area contributed by atoms with Gasteiger partial charge in [-0.15, -0.1) is 0 Å². The Labute approximate surface area is 171 Å². The molecule has 2 fully saturated rings. The molecule has 1 aliphatic carbocycles. The normalized spacial score (nSPS) is 29.9. The largest absolute Gasteiger partial charge is 0.493 e. The third kappa shape index (κ3) is 3.12. The molecule has 1 saturated heterocycles. The van der Waals surface area contributed by atoms with Gasteiger partial charge in [0.05, 0.1) is 30.2 Å². The predicted molar refractivity (Wildman–Crippen MR) is 111 cm³/mol. The number of hydrogen-bond donors (Lipinski definition) is 1. The van der Waals surface area contributed by atoms with Crippen LogP contribution < -0.4 is 10.1 Å². The zero-order valence-corrected chi connectivity index (χ0v) is 17.2. The molecule has 5 heteroatoms. The third-order valence-corrected chi connectivity index (χ3v) is 7.37. The van der Waals surface area contributed by atoms with E-state index in [1.165, 1.54) is 5.56 Å². The maximum Gasteiger partial charge on any atom is 0.255 e. The molecule has 1 saturated carbocycles. The predicted octanol–water partition coefficient (Wildman–Crippen LogP) is 4.64. The number of hydrogen-bond acceptors (Lipinski definition) is 4. The van der Waals surface area contributed by atoms with Gasteiger partial charge in [0.2, 0.25) is 0 Å². The van der Waals surface area contributed by atoms with Crippen LogP contribution in [0.1, 0.15) is 60.6 Å². The first-order valence-corrected chi connectivity index (χ1v) is 10.7. The number of aromatic nitrogens is 1. The number of anilines is 1. The van der Waals surface area contributed by atoms with Crippen molar-refractivity contribution in [1.82, 2.24) is 4.98 Å². The van der Waals surface area contributed by atoms with Gasteiger partial charge in [-0.05, 0) is 69.2 Å². The smallest absolute Gasteiger partial charge is 0.255 e. The second-order valence-electron chi connectivity index (χ2n) is 8.82. The zero-order chi connectivity index (χ0) is 20.1. The molecular formula is C24H28N2O3. The van der Waals surface area contributed by atoms with E-state index in [9.17, 15) is 4.79 Å². The SMILES string of the molecule is CC[C@]12CC[C@@]3(CO3)C[C@H]1CCOc1cc(C(=O)Nc3cccnc3C)ccc12. The second-order valence-corrected chi connectivity index (χ2v) is 8.82. The Balaban J connectivity index is 1.46. The summed E-state index contributed by atoms with van der Waals surface area (Å²) in [4.78, 5) is 17.1. The van der Waals surface area contributed by atoms with E-state index in [4.69, 9.17) is 9.47 Å². The number of carbonyl (C=O) groups excluding carboxylic acids is 1. The number of pyridine rings is 1. The molecule has 1 spiro atoms. The number of aryl methyl sites for hydroxylation is 1. The summed E-state index contributed by atoms with van der Waals surface area (Å²) in [6.07, 6.45) is 7.24. The van der Waals surface area contributed by atoms with Crippen LogP contribution in [0.5, 0.6) is 5.75 Å². The summed E-state index contributed by atoms with van der Waals surface area (Å²) in [6.45, 7) is 5.80. The fourth-order valence-electron chi connectivity index (χ4n) is 5.47. The van der Waals surface area contributed by atoms with Crippen LogP contribution in [-0.4, -0.2) is 29.7 Å². The van der Waals surface area contributed by atoms with Gasteiger partial charge in [-0.3, -0.25) is 9.78 Å².